The summed E-state index contributed by atoms with van der Waals surface area (Å²) in [4.78, 5) is 6.73. The molecule has 0 aliphatic carbocycles. The van der Waals surface area contributed by atoms with Crippen molar-refractivity contribution in [3.05, 3.63) is 22.9 Å². The molecule has 1 aromatic heterocycles. The largest absolute Gasteiger partial charge is 0.370 e. The van der Waals surface area contributed by atoms with Gasteiger partial charge in [0.1, 0.15) is 4.60 Å². The summed E-state index contributed by atoms with van der Waals surface area (Å²) in [6.07, 6.45) is 1.96. The average Bonchev–Trinajstić information content (AvgIpc) is 2.78. The number of hydrogen-bond acceptors (Lipinski definition) is 3. The first kappa shape index (κ1) is 9.60. The molecule has 4 heteroatoms. The van der Waals surface area contributed by atoms with E-state index in [1.165, 1.54) is 31.9 Å². The third-order valence-electron chi connectivity index (χ3n) is 3.47. The molecule has 2 saturated heterocycles. The smallest absolute Gasteiger partial charge is 0.106 e. The molecule has 0 amide bonds. The summed E-state index contributed by atoms with van der Waals surface area (Å²) < 4.78 is 0.910. The Bertz CT molecular complexity index is 339. The molecule has 15 heavy (non-hydrogen) atoms. The van der Waals surface area contributed by atoms with Gasteiger partial charge in [-0.25, -0.2) is 4.98 Å². The van der Waals surface area contributed by atoms with Gasteiger partial charge in [0, 0.05) is 26.2 Å². The van der Waals surface area contributed by atoms with Crippen molar-refractivity contribution >= 4 is 21.6 Å². The number of fused-ring (bicyclic) bond motifs is 1. The molecule has 2 aliphatic rings. The predicted octanol–water partition coefficient (Wildman–Crippen LogP) is 1.50. The molecular weight excluding hydrogens is 254 g/mol. The van der Waals surface area contributed by atoms with E-state index >= 15 is 0 Å². The molecule has 0 bridgehead atoms. The van der Waals surface area contributed by atoms with Crippen LogP contribution in [0.1, 0.15) is 0 Å². The van der Waals surface area contributed by atoms with Crippen LogP contribution in [0.3, 0.4) is 0 Å². The Labute approximate surface area is 98.0 Å². The maximum absolute atomic E-state index is 4.28. The second-order valence-corrected chi connectivity index (χ2v) is 5.23. The van der Waals surface area contributed by atoms with E-state index < -0.39 is 0 Å². The van der Waals surface area contributed by atoms with Gasteiger partial charge in [0.15, 0.2) is 0 Å². The predicted molar refractivity (Wildman–Crippen MR) is 64.0 cm³/mol. The molecular formula is C11H14BrN3. The summed E-state index contributed by atoms with van der Waals surface area (Å²) in [6, 6.07) is 4.16. The fraction of sp³-hybridized carbons (Fsp3) is 0.545. The van der Waals surface area contributed by atoms with E-state index in [1.807, 2.05) is 12.3 Å². The van der Waals surface area contributed by atoms with Crippen molar-refractivity contribution < 1.29 is 0 Å². The third-order valence-corrected chi connectivity index (χ3v) is 3.94. The summed E-state index contributed by atoms with van der Waals surface area (Å²) in [6.45, 7) is 4.73. The van der Waals surface area contributed by atoms with Gasteiger partial charge in [0.2, 0.25) is 0 Å². The first-order valence-corrected chi connectivity index (χ1v) is 6.19. The van der Waals surface area contributed by atoms with Crippen LogP contribution < -0.4 is 10.2 Å². The lowest BCUT2D eigenvalue weighted by Gasteiger charge is -2.19. The molecule has 1 N–H and O–H groups in total. The van der Waals surface area contributed by atoms with Gasteiger partial charge in [0.05, 0.1) is 11.9 Å². The Morgan fingerprint density at radius 1 is 1.27 bits per heavy atom. The van der Waals surface area contributed by atoms with Crippen LogP contribution >= 0.6 is 15.9 Å². The van der Waals surface area contributed by atoms with Gasteiger partial charge in [-0.05, 0) is 39.9 Å². The molecule has 0 saturated carbocycles. The Morgan fingerprint density at radius 3 is 2.60 bits per heavy atom. The molecule has 2 atom stereocenters. The Kier molecular flexibility index (Phi) is 2.41. The van der Waals surface area contributed by atoms with E-state index in [4.69, 9.17) is 0 Å². The lowest BCUT2D eigenvalue weighted by atomic mass is 10.0. The quantitative estimate of drug-likeness (QED) is 0.782. The summed E-state index contributed by atoms with van der Waals surface area (Å²) in [5.41, 5.74) is 1.26. The van der Waals surface area contributed by atoms with Crippen LogP contribution in [-0.4, -0.2) is 31.2 Å². The number of halogens is 1. The van der Waals surface area contributed by atoms with Crippen LogP contribution in [0.4, 0.5) is 5.69 Å². The number of nitrogens with one attached hydrogen (secondary N) is 1. The summed E-state index contributed by atoms with van der Waals surface area (Å²) in [5, 5.41) is 3.46. The van der Waals surface area contributed by atoms with Crippen LogP contribution in [0, 0.1) is 11.8 Å². The summed E-state index contributed by atoms with van der Waals surface area (Å²) in [7, 11) is 0. The first-order valence-electron chi connectivity index (χ1n) is 5.40. The average molecular weight is 268 g/mol. The number of pyridine rings is 1. The van der Waals surface area contributed by atoms with Crippen LogP contribution in [0.25, 0.3) is 0 Å². The van der Waals surface area contributed by atoms with Crippen molar-refractivity contribution in [3.63, 3.8) is 0 Å². The van der Waals surface area contributed by atoms with E-state index in [9.17, 15) is 0 Å². The van der Waals surface area contributed by atoms with Gasteiger partial charge in [-0.1, -0.05) is 0 Å². The monoisotopic (exact) mass is 267 g/mol. The number of aromatic nitrogens is 1. The second kappa shape index (κ2) is 3.76. The summed E-state index contributed by atoms with van der Waals surface area (Å²) >= 11 is 3.36. The standard InChI is InChI=1S/C11H14BrN3/c12-11-2-1-10(5-14-11)15-6-8-3-13-4-9(8)7-15/h1-2,5,8-9,13H,3-4,6-7H2. The molecule has 2 aliphatic heterocycles. The maximum atomic E-state index is 4.28. The number of anilines is 1. The highest BCUT2D eigenvalue weighted by atomic mass is 79.9. The van der Waals surface area contributed by atoms with Crippen LogP contribution in [-0.2, 0) is 0 Å². The topological polar surface area (TPSA) is 28.2 Å². The minimum atomic E-state index is 0.841. The fourth-order valence-corrected chi connectivity index (χ4v) is 2.86. The highest BCUT2D eigenvalue weighted by Crippen LogP contribution is 2.30. The highest BCUT2D eigenvalue weighted by Gasteiger charge is 2.36. The Balaban J connectivity index is 1.76. The Hall–Kier alpha value is -0.610. The molecule has 1 aromatic rings. The van der Waals surface area contributed by atoms with Crippen molar-refractivity contribution in [3.8, 4) is 0 Å². The second-order valence-electron chi connectivity index (χ2n) is 4.42. The van der Waals surface area contributed by atoms with Gasteiger partial charge in [0.25, 0.3) is 0 Å². The number of nitrogens with zero attached hydrogens (tertiary/aromatic N) is 2. The molecule has 0 spiro atoms. The highest BCUT2D eigenvalue weighted by molar-refractivity contribution is 9.10. The minimum Gasteiger partial charge on any atom is -0.370 e. The lowest BCUT2D eigenvalue weighted by molar-refractivity contribution is 0.533. The zero-order chi connectivity index (χ0) is 10.3. The summed E-state index contributed by atoms with van der Waals surface area (Å²) in [5.74, 6) is 1.68. The van der Waals surface area contributed by atoms with E-state index in [1.54, 1.807) is 0 Å². The molecule has 2 fully saturated rings. The van der Waals surface area contributed by atoms with Crippen molar-refractivity contribution in [2.24, 2.45) is 11.8 Å². The van der Waals surface area contributed by atoms with Gasteiger partial charge in [-0.2, -0.15) is 0 Å². The number of rotatable bonds is 1. The van der Waals surface area contributed by atoms with Gasteiger partial charge in [-0.15, -0.1) is 0 Å². The van der Waals surface area contributed by atoms with Crippen LogP contribution in [0.15, 0.2) is 22.9 Å². The molecule has 3 nitrogen and oxygen atoms in total. The van der Waals surface area contributed by atoms with E-state index in [2.05, 4.69) is 37.2 Å². The van der Waals surface area contributed by atoms with Crippen molar-refractivity contribution in [1.82, 2.24) is 10.3 Å². The SMILES string of the molecule is Brc1ccc(N2CC3CNCC3C2)cn1. The van der Waals surface area contributed by atoms with Crippen molar-refractivity contribution in [2.45, 2.75) is 0 Å². The number of hydrogen-bond donors (Lipinski definition) is 1. The Morgan fingerprint density at radius 2 is 2.00 bits per heavy atom. The van der Waals surface area contributed by atoms with E-state index in [0.717, 1.165) is 16.4 Å². The normalized spacial score (nSPS) is 29.5. The molecule has 0 aromatic carbocycles. The van der Waals surface area contributed by atoms with Gasteiger partial charge < -0.3 is 10.2 Å². The molecule has 3 rings (SSSR count). The fourth-order valence-electron chi connectivity index (χ4n) is 2.62. The van der Waals surface area contributed by atoms with Crippen LogP contribution in [0.2, 0.25) is 0 Å². The van der Waals surface area contributed by atoms with Crippen molar-refractivity contribution in [2.75, 3.05) is 31.1 Å². The molecule has 3 heterocycles. The minimum absolute atomic E-state index is 0.841. The van der Waals surface area contributed by atoms with Crippen LogP contribution in [0.5, 0.6) is 0 Å². The molecule has 0 radical (unpaired) electrons. The zero-order valence-electron chi connectivity index (χ0n) is 8.49. The lowest BCUT2D eigenvalue weighted by Crippen LogP contribution is -2.25. The van der Waals surface area contributed by atoms with Crippen molar-refractivity contribution in [1.29, 1.82) is 0 Å². The van der Waals surface area contributed by atoms with E-state index in [0.29, 0.717) is 0 Å². The molecule has 2 unspecified atom stereocenters. The third kappa shape index (κ3) is 1.76. The molecule has 80 valence electrons. The van der Waals surface area contributed by atoms with E-state index in [-0.39, 0.29) is 0 Å². The zero-order valence-corrected chi connectivity index (χ0v) is 10.1. The van der Waals surface area contributed by atoms with Gasteiger partial charge >= 0.3 is 0 Å². The van der Waals surface area contributed by atoms with Gasteiger partial charge in [-0.3, -0.25) is 0 Å². The maximum Gasteiger partial charge on any atom is 0.106 e. The first-order chi connectivity index (χ1) is 7.33.